The molecule has 1 heterocycles. The zero-order chi connectivity index (χ0) is 18.5. The minimum atomic E-state index is -0.710. The molecule has 0 radical (unpaired) electrons. The van der Waals surface area contributed by atoms with E-state index in [0.717, 1.165) is 10.8 Å². The lowest BCUT2D eigenvalue weighted by Crippen LogP contribution is -2.32. The first-order valence-corrected chi connectivity index (χ1v) is 7.70. The van der Waals surface area contributed by atoms with Gasteiger partial charge >= 0.3 is 0 Å². The van der Waals surface area contributed by atoms with Crippen molar-refractivity contribution >= 4 is 11.6 Å². The van der Waals surface area contributed by atoms with Gasteiger partial charge < -0.3 is 10.2 Å². The fourth-order valence-corrected chi connectivity index (χ4v) is 2.27. The maximum absolute atomic E-state index is 13.6. The summed E-state index contributed by atoms with van der Waals surface area (Å²) in [6, 6.07) is 14.1. The standard InChI is InChI=1S/C19H14F2N2O3/c20-14-6-3-7-15(11-14)22-18(24)16-8-4-10-23(19(16)25)26-12-13-5-1-2-9-17(13)21/h1-11H,12H2,(H,22,24). The number of rotatable bonds is 5. The molecule has 1 amide bonds. The molecule has 2 aromatic carbocycles. The normalized spacial score (nSPS) is 10.4. The predicted octanol–water partition coefficient (Wildman–Crippen LogP) is 3.01. The van der Waals surface area contributed by atoms with Gasteiger partial charge in [-0.3, -0.25) is 9.59 Å². The van der Waals surface area contributed by atoms with E-state index in [1.54, 1.807) is 12.1 Å². The van der Waals surface area contributed by atoms with E-state index in [4.69, 9.17) is 4.84 Å². The summed E-state index contributed by atoms with van der Waals surface area (Å²) >= 11 is 0. The molecular formula is C19H14F2N2O3. The number of nitrogens with zero attached hydrogens (tertiary/aromatic N) is 1. The predicted molar refractivity (Wildman–Crippen MR) is 91.7 cm³/mol. The van der Waals surface area contributed by atoms with Gasteiger partial charge in [-0.1, -0.05) is 24.3 Å². The van der Waals surface area contributed by atoms with Gasteiger partial charge in [-0.2, -0.15) is 4.73 Å². The van der Waals surface area contributed by atoms with Crippen LogP contribution in [0.2, 0.25) is 0 Å². The summed E-state index contributed by atoms with van der Waals surface area (Å²) in [5.41, 5.74) is -0.408. The van der Waals surface area contributed by atoms with Crippen LogP contribution in [0.4, 0.5) is 14.5 Å². The summed E-state index contributed by atoms with van der Waals surface area (Å²) in [6.07, 6.45) is 1.32. The topological polar surface area (TPSA) is 60.3 Å². The van der Waals surface area contributed by atoms with Crippen molar-refractivity contribution < 1.29 is 18.4 Å². The van der Waals surface area contributed by atoms with Crippen LogP contribution in [0.5, 0.6) is 0 Å². The highest BCUT2D eigenvalue weighted by Crippen LogP contribution is 2.10. The number of hydrogen-bond donors (Lipinski definition) is 1. The second-order valence-corrected chi connectivity index (χ2v) is 5.38. The SMILES string of the molecule is O=C(Nc1cccc(F)c1)c1cccn(OCc2ccccc2F)c1=O. The van der Waals surface area contributed by atoms with Crippen LogP contribution in [0.25, 0.3) is 0 Å². The molecule has 26 heavy (non-hydrogen) atoms. The van der Waals surface area contributed by atoms with Crippen LogP contribution in [0.15, 0.2) is 71.7 Å². The average Bonchev–Trinajstić information content (AvgIpc) is 2.62. The molecule has 0 bridgehead atoms. The third-order valence-electron chi connectivity index (χ3n) is 3.56. The van der Waals surface area contributed by atoms with Crippen LogP contribution in [-0.4, -0.2) is 10.6 Å². The zero-order valence-corrected chi connectivity index (χ0v) is 13.5. The molecule has 132 valence electrons. The molecule has 0 atom stereocenters. The third kappa shape index (κ3) is 3.94. The first-order valence-electron chi connectivity index (χ1n) is 7.70. The number of carbonyl (C=O) groups is 1. The Bertz CT molecular complexity index is 1000. The second-order valence-electron chi connectivity index (χ2n) is 5.38. The maximum atomic E-state index is 13.6. The molecule has 7 heteroatoms. The minimum Gasteiger partial charge on any atom is -0.406 e. The molecule has 0 spiro atoms. The Morgan fingerprint density at radius 3 is 2.62 bits per heavy atom. The molecule has 0 unspecified atom stereocenters. The van der Waals surface area contributed by atoms with Crippen molar-refractivity contribution in [3.63, 3.8) is 0 Å². The van der Waals surface area contributed by atoms with E-state index in [1.165, 1.54) is 48.7 Å². The van der Waals surface area contributed by atoms with E-state index in [2.05, 4.69) is 5.32 Å². The molecule has 0 fully saturated rings. The molecule has 1 aromatic heterocycles. The Kier molecular flexibility index (Phi) is 5.07. The number of anilines is 1. The molecule has 0 saturated heterocycles. The van der Waals surface area contributed by atoms with Crippen molar-refractivity contribution in [2.24, 2.45) is 0 Å². The Labute approximate surface area is 147 Å². The molecule has 0 aliphatic rings. The molecule has 0 saturated carbocycles. The van der Waals surface area contributed by atoms with Gasteiger partial charge in [0.1, 0.15) is 23.8 Å². The largest absolute Gasteiger partial charge is 0.406 e. The maximum Gasteiger partial charge on any atom is 0.295 e. The molecule has 0 aliphatic carbocycles. The summed E-state index contributed by atoms with van der Waals surface area (Å²) in [4.78, 5) is 29.9. The van der Waals surface area contributed by atoms with Crippen LogP contribution in [-0.2, 0) is 6.61 Å². The van der Waals surface area contributed by atoms with Crippen molar-refractivity contribution in [1.82, 2.24) is 4.73 Å². The van der Waals surface area contributed by atoms with Crippen LogP contribution < -0.4 is 15.7 Å². The molecule has 0 aliphatic heterocycles. The lowest BCUT2D eigenvalue weighted by atomic mass is 10.2. The van der Waals surface area contributed by atoms with Crippen molar-refractivity contribution in [1.29, 1.82) is 0 Å². The van der Waals surface area contributed by atoms with Gasteiger partial charge in [0.05, 0.1) is 0 Å². The van der Waals surface area contributed by atoms with E-state index >= 15 is 0 Å². The number of carbonyl (C=O) groups excluding carboxylic acids is 1. The zero-order valence-electron chi connectivity index (χ0n) is 13.5. The van der Waals surface area contributed by atoms with Crippen LogP contribution in [0.3, 0.4) is 0 Å². The summed E-state index contributed by atoms with van der Waals surface area (Å²) in [5.74, 6) is -1.67. The smallest absolute Gasteiger partial charge is 0.295 e. The molecular weight excluding hydrogens is 342 g/mol. The highest BCUT2D eigenvalue weighted by atomic mass is 19.1. The van der Waals surface area contributed by atoms with Crippen LogP contribution in [0, 0.1) is 11.6 Å². The molecule has 3 rings (SSSR count). The summed E-state index contributed by atoms with van der Waals surface area (Å²) in [7, 11) is 0. The lowest BCUT2D eigenvalue weighted by Gasteiger charge is -2.10. The van der Waals surface area contributed by atoms with Crippen LogP contribution in [0.1, 0.15) is 15.9 Å². The van der Waals surface area contributed by atoms with Crippen molar-refractivity contribution in [3.8, 4) is 0 Å². The van der Waals surface area contributed by atoms with Gasteiger partial charge in [0.15, 0.2) is 0 Å². The highest BCUT2D eigenvalue weighted by molar-refractivity contribution is 6.03. The van der Waals surface area contributed by atoms with E-state index in [9.17, 15) is 18.4 Å². The number of benzene rings is 2. The third-order valence-corrected chi connectivity index (χ3v) is 3.56. The van der Waals surface area contributed by atoms with Crippen molar-refractivity contribution in [3.05, 3.63) is 100.0 Å². The van der Waals surface area contributed by atoms with E-state index < -0.39 is 23.1 Å². The first kappa shape index (κ1) is 17.3. The van der Waals surface area contributed by atoms with Crippen molar-refractivity contribution in [2.45, 2.75) is 6.61 Å². The Hall–Kier alpha value is -3.48. The fraction of sp³-hybridized carbons (Fsp3) is 0.0526. The van der Waals surface area contributed by atoms with Gasteiger partial charge in [0, 0.05) is 17.4 Å². The Balaban J connectivity index is 1.77. The number of pyridine rings is 1. The summed E-state index contributed by atoms with van der Waals surface area (Å²) < 4.78 is 27.7. The summed E-state index contributed by atoms with van der Waals surface area (Å²) in [6.45, 7) is -0.179. The van der Waals surface area contributed by atoms with E-state index in [-0.39, 0.29) is 23.4 Å². The number of aromatic nitrogens is 1. The van der Waals surface area contributed by atoms with Gasteiger partial charge in [0.2, 0.25) is 0 Å². The monoisotopic (exact) mass is 356 g/mol. The number of nitrogens with one attached hydrogen (secondary N) is 1. The first-order chi connectivity index (χ1) is 12.5. The van der Waals surface area contributed by atoms with Gasteiger partial charge in [-0.15, -0.1) is 0 Å². The second kappa shape index (κ2) is 7.60. The number of hydrogen-bond acceptors (Lipinski definition) is 3. The summed E-state index contributed by atoms with van der Waals surface area (Å²) in [5, 5.41) is 2.44. The van der Waals surface area contributed by atoms with Crippen molar-refractivity contribution in [2.75, 3.05) is 5.32 Å². The lowest BCUT2D eigenvalue weighted by molar-refractivity contribution is 0.0847. The Morgan fingerprint density at radius 2 is 1.85 bits per heavy atom. The molecule has 5 nitrogen and oxygen atoms in total. The fourth-order valence-electron chi connectivity index (χ4n) is 2.27. The van der Waals surface area contributed by atoms with Gasteiger partial charge in [-0.05, 0) is 36.4 Å². The van der Waals surface area contributed by atoms with E-state index in [0.29, 0.717) is 0 Å². The minimum absolute atomic E-state index is 0.179. The van der Waals surface area contributed by atoms with Gasteiger partial charge in [-0.25, -0.2) is 8.78 Å². The number of amides is 1. The molecule has 3 aromatic rings. The Morgan fingerprint density at radius 1 is 1.04 bits per heavy atom. The van der Waals surface area contributed by atoms with Crippen LogP contribution >= 0.6 is 0 Å². The molecule has 1 N–H and O–H groups in total. The van der Waals surface area contributed by atoms with E-state index in [1.807, 2.05) is 0 Å². The average molecular weight is 356 g/mol. The quantitative estimate of drug-likeness (QED) is 0.765. The van der Waals surface area contributed by atoms with Gasteiger partial charge in [0.25, 0.3) is 11.5 Å². The highest BCUT2D eigenvalue weighted by Gasteiger charge is 2.13. The number of halogens is 2.